The summed E-state index contributed by atoms with van der Waals surface area (Å²) in [6, 6.07) is 9.25. The molecule has 0 aliphatic carbocycles. The molecule has 0 unspecified atom stereocenters. The molecule has 1 aliphatic rings. The Hall–Kier alpha value is -3.79. The van der Waals surface area contributed by atoms with E-state index in [1.54, 1.807) is 13.1 Å². The number of nitrogens with zero attached hydrogens (tertiary/aromatic N) is 4. The second-order valence-corrected chi connectivity index (χ2v) is 6.27. The lowest BCUT2D eigenvalue weighted by atomic mass is 10.0. The second-order valence-electron chi connectivity index (χ2n) is 6.27. The van der Waals surface area contributed by atoms with Crippen LogP contribution in [0.4, 0.5) is 24.7 Å². The van der Waals surface area contributed by atoms with Gasteiger partial charge in [0.05, 0.1) is 5.56 Å². The molecule has 148 valence electrons. The van der Waals surface area contributed by atoms with Crippen molar-refractivity contribution >= 4 is 17.3 Å². The zero-order valence-corrected chi connectivity index (χ0v) is 15.1. The number of aromatic nitrogens is 1. The Morgan fingerprint density at radius 2 is 1.83 bits per heavy atom. The standard InChI is InChI=1S/C19H15F3N6O/c1-27-26-25-19(28(27)15-4-2-3-13(20)17(15)22)12-7-11(9-24-18(12)23)10-5-6-16(29)14(21)8-10/h2-9,26,29H,1H3,(H2,23,24). The fourth-order valence-electron chi connectivity index (χ4n) is 2.96. The predicted octanol–water partition coefficient (Wildman–Crippen LogP) is 2.99. The quantitative estimate of drug-likeness (QED) is 0.626. The summed E-state index contributed by atoms with van der Waals surface area (Å²) in [5.74, 6) is -3.07. The van der Waals surface area contributed by atoms with Gasteiger partial charge in [0.25, 0.3) is 0 Å². The Morgan fingerprint density at radius 3 is 2.59 bits per heavy atom. The number of benzene rings is 2. The Kier molecular flexibility index (Phi) is 4.47. The number of nitrogens with one attached hydrogen (secondary N) is 1. The molecule has 3 aromatic rings. The number of nitrogens with two attached hydrogens (primary N) is 1. The molecule has 10 heteroatoms. The number of halogens is 3. The molecule has 1 aromatic heterocycles. The third kappa shape index (κ3) is 3.19. The number of amidine groups is 1. The maximum absolute atomic E-state index is 14.4. The molecule has 7 nitrogen and oxygen atoms in total. The van der Waals surface area contributed by atoms with E-state index in [4.69, 9.17) is 5.73 Å². The first-order valence-corrected chi connectivity index (χ1v) is 8.42. The number of rotatable bonds is 3. The SMILES string of the molecule is CN1NN=C(c2cc(-c3ccc(O)c(F)c3)cnc2N)N1c1cccc(F)c1F. The van der Waals surface area contributed by atoms with Crippen molar-refractivity contribution in [3.8, 4) is 16.9 Å². The summed E-state index contributed by atoms with van der Waals surface area (Å²) in [6.45, 7) is 0. The zero-order valence-electron chi connectivity index (χ0n) is 15.1. The van der Waals surface area contributed by atoms with Crippen molar-refractivity contribution in [2.75, 3.05) is 17.8 Å². The molecule has 4 N–H and O–H groups in total. The average Bonchev–Trinajstić information content (AvgIpc) is 3.08. The molecule has 0 amide bonds. The largest absolute Gasteiger partial charge is 0.505 e. The van der Waals surface area contributed by atoms with Crippen molar-refractivity contribution in [1.82, 2.24) is 15.6 Å². The van der Waals surface area contributed by atoms with E-state index in [0.717, 1.165) is 12.1 Å². The lowest BCUT2D eigenvalue weighted by Crippen LogP contribution is -2.44. The average molecular weight is 400 g/mol. The summed E-state index contributed by atoms with van der Waals surface area (Å²) in [5, 5.41) is 16.2. The molecular formula is C19H15F3N6O. The van der Waals surface area contributed by atoms with E-state index in [9.17, 15) is 18.3 Å². The first-order chi connectivity index (χ1) is 13.9. The number of nitrogen functional groups attached to an aromatic ring is 1. The molecular weight excluding hydrogens is 385 g/mol. The van der Waals surface area contributed by atoms with Gasteiger partial charge in [0, 0.05) is 18.8 Å². The second kappa shape index (κ2) is 6.99. The maximum Gasteiger partial charge on any atom is 0.184 e. The van der Waals surface area contributed by atoms with Crippen LogP contribution < -0.4 is 16.3 Å². The highest BCUT2D eigenvalue weighted by molar-refractivity contribution is 6.13. The first-order valence-electron chi connectivity index (χ1n) is 8.42. The van der Waals surface area contributed by atoms with Crippen LogP contribution in [0.15, 0.2) is 53.8 Å². The molecule has 0 fully saturated rings. The molecule has 2 heterocycles. The van der Waals surface area contributed by atoms with Crippen LogP contribution in [0.25, 0.3) is 11.1 Å². The van der Waals surface area contributed by atoms with Crippen LogP contribution >= 0.6 is 0 Å². The molecule has 29 heavy (non-hydrogen) atoms. The van der Waals surface area contributed by atoms with E-state index >= 15 is 0 Å². The fourth-order valence-corrected chi connectivity index (χ4v) is 2.96. The molecule has 0 spiro atoms. The molecule has 0 saturated carbocycles. The van der Waals surface area contributed by atoms with Crippen LogP contribution in [0, 0.1) is 17.5 Å². The minimum atomic E-state index is -1.06. The molecule has 2 aromatic carbocycles. The number of hydrogen-bond donors (Lipinski definition) is 3. The van der Waals surface area contributed by atoms with Crippen molar-refractivity contribution in [3.63, 3.8) is 0 Å². The third-order valence-corrected chi connectivity index (χ3v) is 4.40. The summed E-state index contributed by atoms with van der Waals surface area (Å²) in [6.07, 6.45) is 1.43. The molecule has 0 saturated heterocycles. The van der Waals surface area contributed by atoms with Crippen molar-refractivity contribution in [3.05, 3.63) is 71.7 Å². The fraction of sp³-hybridized carbons (Fsp3) is 0.0526. The van der Waals surface area contributed by atoms with Crippen LogP contribution in [-0.2, 0) is 0 Å². The summed E-state index contributed by atoms with van der Waals surface area (Å²) >= 11 is 0. The van der Waals surface area contributed by atoms with E-state index in [-0.39, 0.29) is 17.3 Å². The summed E-state index contributed by atoms with van der Waals surface area (Å²) in [5.41, 5.74) is 9.82. The Labute approximate surface area is 163 Å². The van der Waals surface area contributed by atoms with Crippen molar-refractivity contribution < 1.29 is 18.3 Å². The van der Waals surface area contributed by atoms with Crippen molar-refractivity contribution in [1.29, 1.82) is 0 Å². The first kappa shape index (κ1) is 18.6. The number of phenols is 1. The van der Waals surface area contributed by atoms with Gasteiger partial charge in [-0.1, -0.05) is 12.1 Å². The van der Waals surface area contributed by atoms with Crippen LogP contribution in [-0.4, -0.2) is 28.1 Å². The smallest absolute Gasteiger partial charge is 0.184 e. The number of phenolic OH excluding ortho intramolecular Hbond substituents is 1. The Bertz CT molecular complexity index is 1140. The number of hydrazone groups is 1. The number of pyridine rings is 1. The molecule has 4 rings (SSSR count). The van der Waals surface area contributed by atoms with Gasteiger partial charge < -0.3 is 10.8 Å². The van der Waals surface area contributed by atoms with E-state index in [1.165, 1.54) is 40.6 Å². The summed E-state index contributed by atoms with van der Waals surface area (Å²) in [4.78, 5) is 4.12. The number of hydrazine groups is 2. The molecule has 0 atom stereocenters. The Balaban J connectivity index is 1.81. The van der Waals surface area contributed by atoms with Gasteiger partial charge in [-0.25, -0.2) is 28.7 Å². The third-order valence-electron chi connectivity index (χ3n) is 4.40. The highest BCUT2D eigenvalue weighted by Gasteiger charge is 2.30. The van der Waals surface area contributed by atoms with Gasteiger partial charge in [0.15, 0.2) is 29.0 Å². The predicted molar refractivity (Wildman–Crippen MR) is 102 cm³/mol. The van der Waals surface area contributed by atoms with Crippen molar-refractivity contribution in [2.45, 2.75) is 0 Å². The van der Waals surface area contributed by atoms with Gasteiger partial charge in [-0.2, -0.15) is 0 Å². The lowest BCUT2D eigenvalue weighted by molar-refractivity contribution is 0.275. The van der Waals surface area contributed by atoms with Gasteiger partial charge >= 0.3 is 0 Å². The van der Waals surface area contributed by atoms with Gasteiger partial charge in [-0.3, -0.25) is 0 Å². The summed E-state index contributed by atoms with van der Waals surface area (Å²) in [7, 11) is 1.56. The highest BCUT2D eigenvalue weighted by atomic mass is 19.2. The zero-order chi connectivity index (χ0) is 20.7. The van der Waals surface area contributed by atoms with Gasteiger partial charge in [0.2, 0.25) is 0 Å². The molecule has 1 aliphatic heterocycles. The monoisotopic (exact) mass is 400 g/mol. The van der Waals surface area contributed by atoms with E-state index in [1.807, 2.05) is 0 Å². The minimum Gasteiger partial charge on any atom is -0.505 e. The van der Waals surface area contributed by atoms with Crippen LogP contribution in [0.1, 0.15) is 5.56 Å². The van der Waals surface area contributed by atoms with E-state index in [2.05, 4.69) is 15.6 Å². The van der Waals surface area contributed by atoms with Crippen LogP contribution in [0.5, 0.6) is 5.75 Å². The highest BCUT2D eigenvalue weighted by Crippen LogP contribution is 2.30. The van der Waals surface area contributed by atoms with Crippen LogP contribution in [0.3, 0.4) is 0 Å². The van der Waals surface area contributed by atoms with E-state index < -0.39 is 23.2 Å². The summed E-state index contributed by atoms with van der Waals surface area (Å²) < 4.78 is 41.9. The van der Waals surface area contributed by atoms with Gasteiger partial charge in [-0.05, 0) is 35.9 Å². The lowest BCUT2D eigenvalue weighted by Gasteiger charge is -2.26. The van der Waals surface area contributed by atoms with Gasteiger partial charge in [-0.15, -0.1) is 10.2 Å². The van der Waals surface area contributed by atoms with Crippen molar-refractivity contribution in [2.24, 2.45) is 5.10 Å². The normalized spacial score (nSPS) is 14.1. The van der Waals surface area contributed by atoms with Crippen LogP contribution in [0.2, 0.25) is 0 Å². The number of hydrogen-bond acceptors (Lipinski definition) is 7. The Morgan fingerprint density at radius 1 is 1.03 bits per heavy atom. The molecule has 0 radical (unpaired) electrons. The number of anilines is 2. The van der Waals surface area contributed by atoms with Gasteiger partial charge in [0.1, 0.15) is 11.5 Å². The molecule has 0 bridgehead atoms. The van der Waals surface area contributed by atoms with E-state index in [0.29, 0.717) is 16.7 Å². The maximum atomic E-state index is 14.4. The minimum absolute atomic E-state index is 0.0864. The topological polar surface area (TPSA) is 90.0 Å². The number of aromatic hydroxyl groups is 1.